The number of hydrogen-bond acceptors (Lipinski definition) is 3. The van der Waals surface area contributed by atoms with Gasteiger partial charge in [-0.05, 0) is 30.6 Å². The van der Waals surface area contributed by atoms with Crippen molar-refractivity contribution in [3.63, 3.8) is 0 Å². The van der Waals surface area contributed by atoms with E-state index in [1.54, 1.807) is 7.05 Å². The Labute approximate surface area is 124 Å². The molecule has 2 aliphatic rings. The molecule has 0 radical (unpaired) electrons. The van der Waals surface area contributed by atoms with Gasteiger partial charge in [-0.1, -0.05) is 20.8 Å². The van der Waals surface area contributed by atoms with Gasteiger partial charge in [0, 0.05) is 18.5 Å². The monoisotopic (exact) mass is 296 g/mol. The van der Waals surface area contributed by atoms with Crippen LogP contribution in [0.25, 0.3) is 0 Å². The maximum absolute atomic E-state index is 13.9. The Morgan fingerprint density at radius 1 is 1.29 bits per heavy atom. The molecule has 5 heteroatoms. The van der Waals surface area contributed by atoms with E-state index in [-0.39, 0.29) is 28.6 Å². The van der Waals surface area contributed by atoms with Crippen molar-refractivity contribution in [1.82, 2.24) is 4.98 Å². The first-order chi connectivity index (χ1) is 9.79. The highest BCUT2D eigenvalue weighted by atomic mass is 19.1. The van der Waals surface area contributed by atoms with Gasteiger partial charge in [0.05, 0.1) is 0 Å². The molecule has 116 valence electrons. The second-order valence-corrected chi connectivity index (χ2v) is 7.07. The summed E-state index contributed by atoms with van der Waals surface area (Å²) in [4.78, 5) is 3.93. The summed E-state index contributed by atoms with van der Waals surface area (Å²) in [5, 5.41) is 2.61. The fourth-order valence-electron chi connectivity index (χ4n) is 4.15. The molecule has 0 amide bonds. The lowest BCUT2D eigenvalue weighted by Crippen LogP contribution is -2.39. The van der Waals surface area contributed by atoms with Crippen LogP contribution in [0.2, 0.25) is 0 Å². The van der Waals surface area contributed by atoms with Crippen molar-refractivity contribution in [2.24, 2.45) is 16.7 Å². The normalized spacial score (nSPS) is 33.2. The van der Waals surface area contributed by atoms with Gasteiger partial charge in [-0.15, -0.1) is 0 Å². The van der Waals surface area contributed by atoms with E-state index in [0.29, 0.717) is 5.92 Å². The van der Waals surface area contributed by atoms with E-state index >= 15 is 0 Å². The molecule has 2 fully saturated rings. The maximum atomic E-state index is 13.9. The van der Waals surface area contributed by atoms with Crippen LogP contribution >= 0.6 is 0 Å². The molecule has 3 nitrogen and oxygen atoms in total. The summed E-state index contributed by atoms with van der Waals surface area (Å²) in [6.07, 6.45) is 3.13. The van der Waals surface area contributed by atoms with Crippen LogP contribution in [0.3, 0.4) is 0 Å². The SMILES string of the molecule is CNc1nc(OC2CC3CCC2(C)C3(C)C)c(F)cc1F. The van der Waals surface area contributed by atoms with E-state index in [9.17, 15) is 8.78 Å². The highest BCUT2D eigenvalue weighted by Gasteiger charge is 2.62. The lowest BCUT2D eigenvalue weighted by atomic mass is 9.70. The molecule has 2 saturated carbocycles. The molecule has 0 spiro atoms. The van der Waals surface area contributed by atoms with Crippen LogP contribution in [0.15, 0.2) is 6.07 Å². The van der Waals surface area contributed by atoms with Gasteiger partial charge in [-0.2, -0.15) is 4.98 Å². The predicted octanol–water partition coefficient (Wildman–Crippen LogP) is 4.00. The Morgan fingerprint density at radius 2 is 2.00 bits per heavy atom. The molecule has 1 N–H and O–H groups in total. The Morgan fingerprint density at radius 3 is 2.52 bits per heavy atom. The second kappa shape index (κ2) is 4.55. The third-order valence-electron chi connectivity index (χ3n) is 6.10. The molecular formula is C16H22F2N2O. The minimum atomic E-state index is -0.740. The van der Waals surface area contributed by atoms with Crippen molar-refractivity contribution in [3.05, 3.63) is 17.7 Å². The Balaban J connectivity index is 1.89. The van der Waals surface area contributed by atoms with Crippen LogP contribution in [0, 0.1) is 28.4 Å². The number of pyridine rings is 1. The van der Waals surface area contributed by atoms with Gasteiger partial charge in [-0.25, -0.2) is 8.78 Å². The topological polar surface area (TPSA) is 34.2 Å². The highest BCUT2D eigenvalue weighted by Crippen LogP contribution is 2.66. The largest absolute Gasteiger partial charge is 0.472 e. The number of fused-ring (bicyclic) bond motifs is 2. The fraction of sp³-hybridized carbons (Fsp3) is 0.688. The lowest BCUT2D eigenvalue weighted by molar-refractivity contribution is 0.0247. The average molecular weight is 296 g/mol. The van der Waals surface area contributed by atoms with E-state index in [4.69, 9.17) is 4.74 Å². The van der Waals surface area contributed by atoms with E-state index in [0.717, 1.165) is 18.9 Å². The standard InChI is InChI=1S/C16H22F2N2O/c1-15(2)9-5-6-16(15,3)12(7-9)21-14-11(18)8-10(17)13(19-4)20-14/h8-9,12H,5-7H2,1-4H3,(H,19,20). The molecule has 2 bridgehead atoms. The van der Waals surface area contributed by atoms with Gasteiger partial charge in [-0.3, -0.25) is 0 Å². The molecule has 1 heterocycles. The van der Waals surface area contributed by atoms with Crippen LogP contribution in [0.1, 0.15) is 40.0 Å². The van der Waals surface area contributed by atoms with Gasteiger partial charge in [0.1, 0.15) is 6.10 Å². The van der Waals surface area contributed by atoms with Crippen LogP contribution < -0.4 is 10.1 Å². The van der Waals surface area contributed by atoms with E-state index in [1.807, 2.05) is 0 Å². The molecule has 3 unspecified atom stereocenters. The summed E-state index contributed by atoms with van der Waals surface area (Å²) in [6, 6.07) is 0.828. The lowest BCUT2D eigenvalue weighted by Gasteiger charge is -2.38. The predicted molar refractivity (Wildman–Crippen MR) is 77.3 cm³/mol. The van der Waals surface area contributed by atoms with E-state index in [2.05, 4.69) is 31.1 Å². The third kappa shape index (κ3) is 1.93. The molecule has 1 aromatic rings. The summed E-state index contributed by atoms with van der Waals surface area (Å²) < 4.78 is 33.3. The number of nitrogens with one attached hydrogen (secondary N) is 1. The molecule has 1 aromatic heterocycles. The number of aromatic nitrogens is 1. The smallest absolute Gasteiger partial charge is 0.252 e. The van der Waals surface area contributed by atoms with Crippen molar-refractivity contribution < 1.29 is 13.5 Å². The van der Waals surface area contributed by atoms with Crippen molar-refractivity contribution in [2.75, 3.05) is 12.4 Å². The number of nitrogens with zero attached hydrogens (tertiary/aromatic N) is 1. The molecule has 21 heavy (non-hydrogen) atoms. The summed E-state index contributed by atoms with van der Waals surface area (Å²) in [5.41, 5.74) is 0.194. The average Bonchev–Trinajstić information content (AvgIpc) is 2.75. The maximum Gasteiger partial charge on any atom is 0.252 e. The van der Waals surface area contributed by atoms with Crippen molar-refractivity contribution >= 4 is 5.82 Å². The molecule has 3 rings (SSSR count). The zero-order valence-electron chi connectivity index (χ0n) is 13.0. The number of rotatable bonds is 3. The third-order valence-corrected chi connectivity index (χ3v) is 6.10. The summed E-state index contributed by atoms with van der Waals surface area (Å²) in [5.74, 6) is -0.938. The summed E-state index contributed by atoms with van der Waals surface area (Å²) in [6.45, 7) is 6.74. The first-order valence-electron chi connectivity index (χ1n) is 7.50. The minimum absolute atomic E-state index is 0.0129. The first-order valence-corrected chi connectivity index (χ1v) is 7.50. The Bertz CT molecular complexity index is 576. The van der Waals surface area contributed by atoms with Gasteiger partial charge < -0.3 is 10.1 Å². The zero-order chi connectivity index (χ0) is 15.4. The van der Waals surface area contributed by atoms with Crippen LogP contribution in [-0.4, -0.2) is 18.1 Å². The van der Waals surface area contributed by atoms with Gasteiger partial charge in [0.15, 0.2) is 17.5 Å². The fourth-order valence-corrected chi connectivity index (χ4v) is 4.15. The van der Waals surface area contributed by atoms with Crippen LogP contribution in [-0.2, 0) is 0 Å². The molecule has 0 aromatic carbocycles. The number of halogens is 2. The van der Waals surface area contributed by atoms with Crippen molar-refractivity contribution in [1.29, 1.82) is 0 Å². The summed E-state index contributed by atoms with van der Waals surface area (Å²) >= 11 is 0. The Hall–Kier alpha value is -1.39. The quantitative estimate of drug-likeness (QED) is 0.915. The highest BCUT2D eigenvalue weighted by molar-refractivity contribution is 5.39. The van der Waals surface area contributed by atoms with E-state index in [1.165, 1.54) is 6.42 Å². The van der Waals surface area contributed by atoms with Crippen molar-refractivity contribution in [2.45, 2.75) is 46.1 Å². The second-order valence-electron chi connectivity index (χ2n) is 7.07. The Kier molecular flexibility index (Phi) is 3.15. The minimum Gasteiger partial charge on any atom is -0.472 e. The van der Waals surface area contributed by atoms with Gasteiger partial charge >= 0.3 is 0 Å². The first kappa shape index (κ1) is 14.5. The number of ether oxygens (including phenoxy) is 1. The number of anilines is 1. The molecule has 0 aliphatic heterocycles. The molecule has 0 saturated heterocycles. The van der Waals surface area contributed by atoms with Crippen LogP contribution in [0.5, 0.6) is 5.88 Å². The van der Waals surface area contributed by atoms with Gasteiger partial charge in [0.25, 0.3) is 5.88 Å². The van der Waals surface area contributed by atoms with Crippen molar-refractivity contribution in [3.8, 4) is 5.88 Å². The zero-order valence-corrected chi connectivity index (χ0v) is 13.0. The van der Waals surface area contributed by atoms with E-state index < -0.39 is 11.6 Å². The molecular weight excluding hydrogens is 274 g/mol. The van der Waals surface area contributed by atoms with Crippen LogP contribution in [0.4, 0.5) is 14.6 Å². The summed E-state index contributed by atoms with van der Waals surface area (Å²) in [7, 11) is 1.55. The molecule has 3 atom stereocenters. The number of hydrogen-bond donors (Lipinski definition) is 1. The molecule has 2 aliphatic carbocycles. The van der Waals surface area contributed by atoms with Gasteiger partial charge in [0.2, 0.25) is 0 Å².